The molecule has 188 valence electrons. The lowest BCUT2D eigenvalue weighted by molar-refractivity contribution is -0.275. The van der Waals surface area contributed by atoms with Crippen LogP contribution in [0.3, 0.4) is 0 Å². The number of carbonyl (C=O) groups is 1. The SMILES string of the molecule is O=C(Nc1n[nH]c2ccc(OCc3cccc(OC(F)(F)F)c3)cc12)c1ccc(OC(F)(F)F)cc1. The number of ether oxygens (including phenoxy) is 3. The number of aromatic amines is 1. The minimum absolute atomic E-state index is 0.0630. The highest BCUT2D eigenvalue weighted by molar-refractivity contribution is 6.08. The van der Waals surface area contributed by atoms with Crippen LogP contribution in [0, 0.1) is 0 Å². The highest BCUT2D eigenvalue weighted by atomic mass is 19.4. The summed E-state index contributed by atoms with van der Waals surface area (Å²) in [6, 6.07) is 14.4. The Morgan fingerprint density at radius 1 is 0.833 bits per heavy atom. The molecule has 0 saturated heterocycles. The van der Waals surface area contributed by atoms with Gasteiger partial charge >= 0.3 is 12.7 Å². The number of fused-ring (bicyclic) bond motifs is 1. The number of hydrogen-bond acceptors (Lipinski definition) is 5. The standard InChI is InChI=1S/C23H15F6N3O4/c24-22(25,26)35-15-6-4-14(5-7-15)21(33)30-20-18-11-16(8-9-19(18)31-32-20)34-12-13-2-1-3-17(10-13)36-23(27,28)29/h1-11H,12H2,(H2,30,31,32,33). The predicted octanol–water partition coefficient (Wildman–Crippen LogP) is 6.19. The molecular weight excluding hydrogens is 496 g/mol. The number of halogens is 6. The van der Waals surface area contributed by atoms with E-state index in [2.05, 4.69) is 25.0 Å². The first-order valence-electron chi connectivity index (χ1n) is 10.1. The third-order valence-electron chi connectivity index (χ3n) is 4.65. The van der Waals surface area contributed by atoms with Gasteiger partial charge in [0.15, 0.2) is 5.82 Å². The van der Waals surface area contributed by atoms with Gasteiger partial charge < -0.3 is 19.5 Å². The molecule has 1 heterocycles. The van der Waals surface area contributed by atoms with E-state index in [1.807, 2.05) is 0 Å². The largest absolute Gasteiger partial charge is 0.573 e. The zero-order valence-corrected chi connectivity index (χ0v) is 17.9. The first-order valence-corrected chi connectivity index (χ1v) is 10.1. The number of hydrogen-bond donors (Lipinski definition) is 2. The number of aromatic nitrogens is 2. The fraction of sp³-hybridized carbons (Fsp3) is 0.130. The van der Waals surface area contributed by atoms with E-state index in [0.29, 0.717) is 22.2 Å². The van der Waals surface area contributed by atoms with Crippen molar-refractivity contribution in [2.75, 3.05) is 5.32 Å². The predicted molar refractivity (Wildman–Crippen MR) is 115 cm³/mol. The van der Waals surface area contributed by atoms with Crippen LogP contribution in [-0.4, -0.2) is 28.8 Å². The molecule has 0 bridgehead atoms. The van der Waals surface area contributed by atoms with Crippen molar-refractivity contribution in [3.8, 4) is 17.2 Å². The summed E-state index contributed by atoms with van der Waals surface area (Å²) in [5.41, 5.74) is 1.04. The van der Waals surface area contributed by atoms with Crippen LogP contribution in [0.1, 0.15) is 15.9 Å². The van der Waals surface area contributed by atoms with Crippen LogP contribution in [0.2, 0.25) is 0 Å². The lowest BCUT2D eigenvalue weighted by Gasteiger charge is -2.11. The molecule has 0 spiro atoms. The summed E-state index contributed by atoms with van der Waals surface area (Å²) >= 11 is 0. The Morgan fingerprint density at radius 3 is 2.19 bits per heavy atom. The van der Waals surface area contributed by atoms with Crippen LogP contribution >= 0.6 is 0 Å². The summed E-state index contributed by atoms with van der Waals surface area (Å²) in [4.78, 5) is 12.5. The highest BCUT2D eigenvalue weighted by Crippen LogP contribution is 2.28. The first-order chi connectivity index (χ1) is 16.9. The van der Waals surface area contributed by atoms with Gasteiger partial charge in [0.25, 0.3) is 5.91 Å². The molecule has 4 aromatic rings. The fourth-order valence-corrected chi connectivity index (χ4v) is 3.16. The number of nitrogens with zero attached hydrogens (tertiary/aromatic N) is 1. The van der Waals surface area contributed by atoms with Gasteiger partial charge in [0.2, 0.25) is 0 Å². The number of amides is 1. The third kappa shape index (κ3) is 6.58. The number of alkyl halides is 6. The van der Waals surface area contributed by atoms with Gasteiger partial charge in [-0.15, -0.1) is 26.3 Å². The molecule has 7 nitrogen and oxygen atoms in total. The summed E-state index contributed by atoms with van der Waals surface area (Å²) in [5.74, 6) is -1.000. The van der Waals surface area contributed by atoms with E-state index in [1.54, 1.807) is 24.3 Å². The minimum atomic E-state index is -4.85. The molecule has 0 fully saturated rings. The summed E-state index contributed by atoms with van der Waals surface area (Å²) in [5, 5.41) is 9.77. The average molecular weight is 511 g/mol. The second-order valence-corrected chi connectivity index (χ2v) is 7.29. The Balaban J connectivity index is 1.44. The second-order valence-electron chi connectivity index (χ2n) is 7.29. The zero-order valence-electron chi connectivity index (χ0n) is 17.9. The average Bonchev–Trinajstić information content (AvgIpc) is 3.18. The van der Waals surface area contributed by atoms with Gasteiger partial charge in [0.05, 0.1) is 5.52 Å². The lowest BCUT2D eigenvalue weighted by Crippen LogP contribution is -2.17. The Bertz CT molecular complexity index is 1370. The maximum absolute atomic E-state index is 12.5. The van der Waals surface area contributed by atoms with E-state index in [4.69, 9.17) is 4.74 Å². The fourth-order valence-electron chi connectivity index (χ4n) is 3.16. The number of nitrogens with one attached hydrogen (secondary N) is 2. The molecule has 3 aromatic carbocycles. The molecule has 4 rings (SSSR count). The van der Waals surface area contributed by atoms with E-state index in [1.165, 1.54) is 18.2 Å². The normalized spacial score (nSPS) is 11.8. The van der Waals surface area contributed by atoms with E-state index in [-0.39, 0.29) is 23.7 Å². The molecule has 0 aliphatic heterocycles. The molecule has 0 radical (unpaired) electrons. The number of carbonyl (C=O) groups excluding carboxylic acids is 1. The van der Waals surface area contributed by atoms with Gasteiger partial charge in [-0.05, 0) is 60.2 Å². The molecule has 0 aliphatic carbocycles. The smallest absolute Gasteiger partial charge is 0.489 e. The number of rotatable bonds is 7. The van der Waals surface area contributed by atoms with Crippen LogP contribution in [0.15, 0.2) is 66.7 Å². The van der Waals surface area contributed by atoms with Gasteiger partial charge in [-0.3, -0.25) is 9.89 Å². The number of anilines is 1. The van der Waals surface area contributed by atoms with Crippen LogP contribution in [-0.2, 0) is 6.61 Å². The van der Waals surface area contributed by atoms with Gasteiger partial charge in [-0.25, -0.2) is 0 Å². The van der Waals surface area contributed by atoms with Gasteiger partial charge in [0.1, 0.15) is 23.9 Å². The topological polar surface area (TPSA) is 85.5 Å². The molecule has 0 unspecified atom stereocenters. The molecule has 2 N–H and O–H groups in total. The monoisotopic (exact) mass is 511 g/mol. The quantitative estimate of drug-likeness (QED) is 0.289. The Kier molecular flexibility index (Phi) is 6.64. The zero-order chi connectivity index (χ0) is 25.9. The molecule has 13 heteroatoms. The molecule has 0 atom stereocenters. The minimum Gasteiger partial charge on any atom is -0.489 e. The van der Waals surface area contributed by atoms with Crippen LogP contribution in [0.5, 0.6) is 17.2 Å². The summed E-state index contributed by atoms with van der Waals surface area (Å²) in [6.45, 7) is -0.0630. The Morgan fingerprint density at radius 2 is 1.50 bits per heavy atom. The van der Waals surface area contributed by atoms with Crippen molar-refractivity contribution >= 4 is 22.6 Å². The Hall–Kier alpha value is -4.42. The maximum Gasteiger partial charge on any atom is 0.573 e. The molecule has 1 amide bonds. The number of benzene rings is 3. The van der Waals surface area contributed by atoms with E-state index >= 15 is 0 Å². The number of H-pyrrole nitrogens is 1. The van der Waals surface area contributed by atoms with Gasteiger partial charge in [0, 0.05) is 10.9 Å². The maximum atomic E-state index is 12.5. The van der Waals surface area contributed by atoms with Crippen molar-refractivity contribution in [1.82, 2.24) is 10.2 Å². The van der Waals surface area contributed by atoms with Crippen molar-refractivity contribution in [3.05, 3.63) is 77.9 Å². The summed E-state index contributed by atoms with van der Waals surface area (Å²) in [6.07, 6.45) is -9.66. The Labute approximate surface area is 198 Å². The summed E-state index contributed by atoms with van der Waals surface area (Å²) < 4.78 is 87.4. The van der Waals surface area contributed by atoms with Crippen LogP contribution in [0.4, 0.5) is 32.2 Å². The molecular formula is C23H15F6N3O4. The lowest BCUT2D eigenvalue weighted by atomic mass is 10.2. The van der Waals surface area contributed by atoms with E-state index in [0.717, 1.165) is 24.3 Å². The van der Waals surface area contributed by atoms with Crippen molar-refractivity contribution in [2.24, 2.45) is 0 Å². The first kappa shape index (κ1) is 24.7. The van der Waals surface area contributed by atoms with Crippen molar-refractivity contribution < 1.29 is 45.3 Å². The van der Waals surface area contributed by atoms with Crippen molar-refractivity contribution in [2.45, 2.75) is 19.3 Å². The highest BCUT2D eigenvalue weighted by Gasteiger charge is 2.31. The van der Waals surface area contributed by atoms with Crippen LogP contribution < -0.4 is 19.5 Å². The molecule has 1 aromatic heterocycles. The van der Waals surface area contributed by atoms with Gasteiger partial charge in [-0.1, -0.05) is 12.1 Å². The third-order valence-corrected chi connectivity index (χ3v) is 4.65. The van der Waals surface area contributed by atoms with Crippen molar-refractivity contribution in [3.63, 3.8) is 0 Å². The molecule has 0 saturated carbocycles. The summed E-state index contributed by atoms with van der Waals surface area (Å²) in [7, 11) is 0. The van der Waals surface area contributed by atoms with Crippen molar-refractivity contribution in [1.29, 1.82) is 0 Å². The second kappa shape index (κ2) is 9.68. The van der Waals surface area contributed by atoms with E-state index < -0.39 is 24.4 Å². The molecule has 0 aliphatic rings. The molecule has 36 heavy (non-hydrogen) atoms. The van der Waals surface area contributed by atoms with E-state index in [9.17, 15) is 31.1 Å². The van der Waals surface area contributed by atoms with Crippen LogP contribution in [0.25, 0.3) is 10.9 Å². The van der Waals surface area contributed by atoms with Gasteiger partial charge in [-0.2, -0.15) is 5.10 Å².